The number of anilines is 1. The van der Waals surface area contributed by atoms with E-state index in [1.54, 1.807) is 13.8 Å². The number of fused-ring (bicyclic) bond motifs is 1. The lowest BCUT2D eigenvalue weighted by molar-refractivity contribution is -0.119. The lowest BCUT2D eigenvalue weighted by atomic mass is 10.1. The molecule has 0 unspecified atom stereocenters. The van der Waals surface area contributed by atoms with Crippen LogP contribution in [0.5, 0.6) is 0 Å². The Morgan fingerprint density at radius 3 is 2.35 bits per heavy atom. The number of hydrogen-bond acceptors (Lipinski definition) is 7. The summed E-state index contributed by atoms with van der Waals surface area (Å²) in [6.07, 6.45) is 0. The van der Waals surface area contributed by atoms with Crippen LogP contribution in [0.1, 0.15) is 42.2 Å². The SMILES string of the molecule is Cc1cc(C(=O)OCC(=O)Nc2ccc3c(c2)C(=O)N(C)C3=O)cc(S(N)(=O)=O)c1C. The van der Waals surface area contributed by atoms with Crippen LogP contribution in [0.15, 0.2) is 35.2 Å². The second-order valence-electron chi connectivity index (χ2n) is 7.02. The van der Waals surface area contributed by atoms with E-state index in [4.69, 9.17) is 9.88 Å². The summed E-state index contributed by atoms with van der Waals surface area (Å²) in [4.78, 5) is 49.1. The number of nitrogens with zero attached hydrogens (tertiary/aromatic N) is 1. The Kier molecular flexibility index (Phi) is 5.66. The van der Waals surface area contributed by atoms with E-state index in [-0.39, 0.29) is 27.3 Å². The van der Waals surface area contributed by atoms with Crippen molar-refractivity contribution in [3.63, 3.8) is 0 Å². The number of carbonyl (C=O) groups excluding carboxylic acids is 4. The fourth-order valence-corrected chi connectivity index (χ4v) is 3.97. The molecular weight excluding hydrogens is 426 g/mol. The van der Waals surface area contributed by atoms with Gasteiger partial charge in [0, 0.05) is 12.7 Å². The van der Waals surface area contributed by atoms with Crippen LogP contribution in [0.2, 0.25) is 0 Å². The molecule has 0 saturated heterocycles. The highest BCUT2D eigenvalue weighted by atomic mass is 32.2. The molecule has 0 aliphatic carbocycles. The number of imide groups is 1. The van der Waals surface area contributed by atoms with Crippen molar-refractivity contribution in [2.45, 2.75) is 18.7 Å². The normalized spacial score (nSPS) is 13.2. The minimum absolute atomic E-state index is 0.0652. The average Bonchev–Trinajstić information content (AvgIpc) is 2.91. The molecule has 0 atom stereocenters. The number of esters is 1. The van der Waals surface area contributed by atoms with Crippen LogP contribution in [0.3, 0.4) is 0 Å². The Hall–Kier alpha value is -3.57. The third-order valence-electron chi connectivity index (χ3n) is 4.87. The molecule has 0 bridgehead atoms. The number of hydrogen-bond donors (Lipinski definition) is 2. The van der Waals surface area contributed by atoms with Gasteiger partial charge < -0.3 is 10.1 Å². The molecule has 11 heteroatoms. The largest absolute Gasteiger partial charge is 0.452 e. The van der Waals surface area contributed by atoms with Crippen LogP contribution >= 0.6 is 0 Å². The summed E-state index contributed by atoms with van der Waals surface area (Å²) in [5, 5.41) is 7.65. The number of sulfonamides is 1. The van der Waals surface area contributed by atoms with E-state index >= 15 is 0 Å². The number of primary sulfonamides is 1. The molecule has 31 heavy (non-hydrogen) atoms. The van der Waals surface area contributed by atoms with Crippen molar-refractivity contribution in [2.75, 3.05) is 19.0 Å². The van der Waals surface area contributed by atoms with Gasteiger partial charge in [-0.3, -0.25) is 19.3 Å². The molecule has 10 nitrogen and oxygen atoms in total. The van der Waals surface area contributed by atoms with E-state index in [1.807, 2.05) is 0 Å². The van der Waals surface area contributed by atoms with Crippen LogP contribution in [-0.2, 0) is 19.6 Å². The molecule has 3 amide bonds. The van der Waals surface area contributed by atoms with Crippen LogP contribution < -0.4 is 10.5 Å². The summed E-state index contributed by atoms with van der Waals surface area (Å²) in [6, 6.07) is 6.76. The van der Waals surface area contributed by atoms with Crippen molar-refractivity contribution in [3.05, 3.63) is 58.1 Å². The van der Waals surface area contributed by atoms with E-state index in [0.717, 1.165) is 11.0 Å². The number of nitrogens with two attached hydrogens (primary N) is 1. The summed E-state index contributed by atoms with van der Waals surface area (Å²) in [5.74, 6) is -2.50. The van der Waals surface area contributed by atoms with Gasteiger partial charge in [0.15, 0.2) is 6.61 Å². The number of rotatable bonds is 5. The van der Waals surface area contributed by atoms with Crippen molar-refractivity contribution in [1.82, 2.24) is 4.90 Å². The molecule has 1 aliphatic rings. The predicted molar refractivity (Wildman–Crippen MR) is 109 cm³/mol. The zero-order valence-corrected chi connectivity index (χ0v) is 17.7. The van der Waals surface area contributed by atoms with E-state index in [2.05, 4.69) is 5.32 Å². The molecule has 0 fully saturated rings. The molecule has 162 valence electrons. The molecule has 3 N–H and O–H groups in total. The van der Waals surface area contributed by atoms with Gasteiger partial charge in [0.1, 0.15) is 0 Å². The van der Waals surface area contributed by atoms with Gasteiger partial charge in [-0.2, -0.15) is 0 Å². The maximum Gasteiger partial charge on any atom is 0.338 e. The number of nitrogens with one attached hydrogen (secondary N) is 1. The third kappa shape index (κ3) is 4.32. The fraction of sp³-hybridized carbons (Fsp3) is 0.200. The van der Waals surface area contributed by atoms with Crippen molar-refractivity contribution < 1.29 is 32.3 Å². The molecule has 2 aromatic carbocycles. The standard InChI is InChI=1S/C20H19N3O7S/c1-10-6-12(7-16(11(10)2)31(21,28)29)20(27)30-9-17(24)22-13-4-5-14-15(8-13)19(26)23(3)18(14)25/h4-8H,9H2,1-3H3,(H,22,24)(H2,21,28,29). The van der Waals surface area contributed by atoms with Crippen LogP contribution in [0.4, 0.5) is 5.69 Å². The van der Waals surface area contributed by atoms with Gasteiger partial charge in [0.25, 0.3) is 17.7 Å². The van der Waals surface area contributed by atoms with Crippen LogP contribution in [-0.4, -0.2) is 50.7 Å². The number of amides is 3. The van der Waals surface area contributed by atoms with E-state index in [9.17, 15) is 27.6 Å². The summed E-state index contributed by atoms with van der Waals surface area (Å²) in [5.41, 5.74) is 1.51. The first kappa shape index (κ1) is 22.1. The summed E-state index contributed by atoms with van der Waals surface area (Å²) in [6.45, 7) is 2.52. The number of benzene rings is 2. The molecule has 0 radical (unpaired) electrons. The highest BCUT2D eigenvalue weighted by molar-refractivity contribution is 7.89. The lowest BCUT2D eigenvalue weighted by Crippen LogP contribution is -2.24. The van der Waals surface area contributed by atoms with Gasteiger partial charge >= 0.3 is 5.97 Å². The summed E-state index contributed by atoms with van der Waals surface area (Å²) < 4.78 is 28.4. The van der Waals surface area contributed by atoms with Crippen molar-refractivity contribution >= 4 is 39.4 Å². The Balaban J connectivity index is 1.69. The zero-order chi connectivity index (χ0) is 23.1. The first-order chi connectivity index (χ1) is 14.4. The van der Waals surface area contributed by atoms with Gasteiger partial charge in [-0.25, -0.2) is 18.4 Å². The Morgan fingerprint density at radius 1 is 1.06 bits per heavy atom. The highest BCUT2D eigenvalue weighted by Gasteiger charge is 2.32. The average molecular weight is 445 g/mol. The maximum atomic E-state index is 12.3. The van der Waals surface area contributed by atoms with Gasteiger partial charge in [0.2, 0.25) is 10.0 Å². The summed E-state index contributed by atoms with van der Waals surface area (Å²) in [7, 11) is -2.69. The van der Waals surface area contributed by atoms with Gasteiger partial charge in [-0.1, -0.05) is 0 Å². The molecule has 0 aromatic heterocycles. The first-order valence-corrected chi connectivity index (χ1v) is 10.5. The quantitative estimate of drug-likeness (QED) is 0.514. The smallest absolute Gasteiger partial charge is 0.338 e. The fourth-order valence-electron chi connectivity index (χ4n) is 3.09. The Labute approximate surface area is 178 Å². The first-order valence-electron chi connectivity index (χ1n) is 8.97. The minimum Gasteiger partial charge on any atom is -0.452 e. The number of aryl methyl sites for hydroxylation is 1. The predicted octanol–water partition coefficient (Wildman–Crippen LogP) is 0.972. The van der Waals surface area contributed by atoms with Crippen LogP contribution in [0, 0.1) is 13.8 Å². The molecular formula is C20H19N3O7S. The number of ether oxygens (including phenoxy) is 1. The minimum atomic E-state index is -4.04. The Bertz CT molecular complexity index is 1250. The highest BCUT2D eigenvalue weighted by Crippen LogP contribution is 2.25. The van der Waals surface area contributed by atoms with Crippen molar-refractivity contribution in [2.24, 2.45) is 5.14 Å². The van der Waals surface area contributed by atoms with E-state index < -0.39 is 40.3 Å². The molecule has 3 rings (SSSR count). The van der Waals surface area contributed by atoms with Crippen molar-refractivity contribution in [3.8, 4) is 0 Å². The second kappa shape index (κ2) is 7.93. The van der Waals surface area contributed by atoms with Crippen molar-refractivity contribution in [1.29, 1.82) is 0 Å². The second-order valence-corrected chi connectivity index (χ2v) is 8.55. The molecule has 1 heterocycles. The Morgan fingerprint density at radius 2 is 1.71 bits per heavy atom. The maximum absolute atomic E-state index is 12.3. The number of carbonyl (C=O) groups is 4. The van der Waals surface area contributed by atoms with E-state index in [1.165, 1.54) is 31.3 Å². The molecule has 0 saturated carbocycles. The zero-order valence-electron chi connectivity index (χ0n) is 16.9. The van der Waals surface area contributed by atoms with Gasteiger partial charge in [0.05, 0.1) is 21.6 Å². The topological polar surface area (TPSA) is 153 Å². The molecule has 1 aliphatic heterocycles. The monoisotopic (exact) mass is 445 g/mol. The van der Waals surface area contributed by atoms with E-state index in [0.29, 0.717) is 11.1 Å². The third-order valence-corrected chi connectivity index (χ3v) is 5.91. The van der Waals surface area contributed by atoms with Gasteiger partial charge in [-0.15, -0.1) is 0 Å². The van der Waals surface area contributed by atoms with Crippen LogP contribution in [0.25, 0.3) is 0 Å². The summed E-state index contributed by atoms with van der Waals surface area (Å²) >= 11 is 0. The molecule has 2 aromatic rings. The lowest BCUT2D eigenvalue weighted by Gasteiger charge is -2.11. The molecule has 0 spiro atoms. The van der Waals surface area contributed by atoms with Gasteiger partial charge in [-0.05, 0) is 55.3 Å².